The average molecular weight is 479 g/mol. The number of hydrogen-bond acceptors (Lipinski definition) is 6. The van der Waals surface area contributed by atoms with Crippen LogP contribution in [0.2, 0.25) is 0 Å². The molecule has 2 aliphatic heterocycles. The summed E-state index contributed by atoms with van der Waals surface area (Å²) in [5.74, 6) is 1.41. The summed E-state index contributed by atoms with van der Waals surface area (Å²) in [4.78, 5) is 29.7. The zero-order chi connectivity index (χ0) is 24.6. The second-order valence-electron chi connectivity index (χ2n) is 8.87. The number of nitrogens with one attached hydrogen (secondary N) is 1. The van der Waals surface area contributed by atoms with Crippen LogP contribution < -0.4 is 14.5 Å². The van der Waals surface area contributed by atoms with Gasteiger partial charge in [0.05, 0.1) is 6.54 Å². The number of aryl methyl sites for hydroxylation is 2. The van der Waals surface area contributed by atoms with Crippen LogP contribution in [0.5, 0.6) is 11.5 Å². The summed E-state index contributed by atoms with van der Waals surface area (Å²) in [6.45, 7) is 7.33. The summed E-state index contributed by atoms with van der Waals surface area (Å²) in [6, 6.07) is 15.7. The van der Waals surface area contributed by atoms with Crippen molar-refractivity contribution in [3.05, 3.63) is 66.2 Å². The molecule has 4 rings (SSSR count). The molecule has 2 heterocycles. The second kappa shape index (κ2) is 11.6. The Morgan fingerprint density at radius 1 is 1.14 bits per heavy atom. The lowest BCUT2D eigenvalue weighted by molar-refractivity contribution is -0.376. The van der Waals surface area contributed by atoms with Gasteiger partial charge in [0, 0.05) is 7.97 Å². The maximum Gasteiger partial charge on any atom is 0.389 e. The van der Waals surface area contributed by atoms with Crippen molar-refractivity contribution >= 4 is 23.7 Å². The summed E-state index contributed by atoms with van der Waals surface area (Å²) in [7, 11) is 0. The molecule has 0 aliphatic carbocycles. The Bertz CT molecular complexity index is 1100. The van der Waals surface area contributed by atoms with Crippen LogP contribution in [0.4, 0.5) is 0 Å². The number of hydrogen-bond donors (Lipinski definition) is 1. The fourth-order valence-corrected chi connectivity index (χ4v) is 4.02. The smallest absolute Gasteiger partial charge is 0.389 e. The minimum Gasteiger partial charge on any atom is -0.493 e. The molecule has 2 aromatic carbocycles. The molecule has 8 nitrogen and oxygen atoms in total. The van der Waals surface area contributed by atoms with Crippen LogP contribution in [0.25, 0.3) is 0 Å². The Balaban J connectivity index is 0.00000361. The van der Waals surface area contributed by atoms with Gasteiger partial charge < -0.3 is 14.4 Å². The molecule has 8 heteroatoms. The first-order valence-electron chi connectivity index (χ1n) is 12.0. The van der Waals surface area contributed by atoms with Crippen LogP contribution in [0.1, 0.15) is 31.8 Å². The van der Waals surface area contributed by atoms with E-state index < -0.39 is 0 Å². The van der Waals surface area contributed by atoms with Crippen molar-refractivity contribution in [3.63, 3.8) is 0 Å². The largest absolute Gasteiger partial charge is 0.493 e. The highest BCUT2D eigenvalue weighted by atomic mass is 16.5. The standard InChI is InChI=1S/C27H31N4O4.H2/c1-20-9-11-23(12-10-20)35-24-7-5-14-30(18-24)27(33)19-31-17-22(16-28-31)29-26(32)13-15-34-25-8-4-3-6-21(25)2;/h3-4,6,8-12,16-17,24H,5,7,13-15,18-19H2,1-2H3;1H/p+1. The van der Waals surface area contributed by atoms with Gasteiger partial charge in [-0.15, -0.1) is 0 Å². The zero-order valence-corrected chi connectivity index (χ0v) is 20.3. The fraction of sp³-hybridized carbons (Fsp3) is 0.370. The number of rotatable bonds is 8. The summed E-state index contributed by atoms with van der Waals surface area (Å²) in [5.41, 5.74) is 2.77. The number of nitrogens with zero attached hydrogens (tertiary/aromatic N) is 3. The first kappa shape index (κ1) is 24.4. The Hall–Kier alpha value is -3.68. The third kappa shape index (κ3) is 7.15. The molecular weight excluding hydrogens is 444 g/mol. The predicted molar refractivity (Wildman–Crippen MR) is 135 cm³/mol. The van der Waals surface area contributed by atoms with E-state index in [1.165, 1.54) is 5.56 Å². The number of para-hydroxylation sites is 1. The van der Waals surface area contributed by atoms with Crippen molar-refractivity contribution in [2.75, 3.05) is 26.2 Å². The SMILES string of the molecule is Cc1ccc(OC2CCCN(C(=O)CN3[CH]C(=[NH+]C(=O)CCOc4ccccc4C)C=N3)C2)cc1.[HH]. The molecule has 1 unspecified atom stereocenters. The summed E-state index contributed by atoms with van der Waals surface area (Å²) < 4.78 is 11.8. The molecule has 0 spiro atoms. The van der Waals surface area contributed by atoms with E-state index >= 15 is 0 Å². The first-order chi connectivity index (χ1) is 17.0. The number of benzene rings is 2. The lowest BCUT2D eigenvalue weighted by Crippen LogP contribution is -2.78. The van der Waals surface area contributed by atoms with E-state index in [1.54, 1.807) is 17.8 Å². The van der Waals surface area contributed by atoms with Crippen LogP contribution in [0.3, 0.4) is 0 Å². The third-order valence-electron chi connectivity index (χ3n) is 5.95. The van der Waals surface area contributed by atoms with Crippen molar-refractivity contribution in [1.29, 1.82) is 0 Å². The van der Waals surface area contributed by atoms with Crippen molar-refractivity contribution in [3.8, 4) is 11.5 Å². The zero-order valence-electron chi connectivity index (χ0n) is 20.3. The van der Waals surface area contributed by atoms with Crippen LogP contribution in [-0.2, 0) is 9.59 Å². The molecule has 1 atom stereocenters. The van der Waals surface area contributed by atoms with Gasteiger partial charge in [0.15, 0.2) is 6.54 Å². The molecule has 35 heavy (non-hydrogen) atoms. The molecule has 1 saturated heterocycles. The normalized spacial score (nSPS) is 18.7. The summed E-state index contributed by atoms with van der Waals surface area (Å²) in [6.07, 6.45) is 3.56. The Labute approximate surface area is 207 Å². The van der Waals surface area contributed by atoms with E-state index in [4.69, 9.17) is 9.47 Å². The van der Waals surface area contributed by atoms with Crippen LogP contribution in [0, 0.1) is 20.4 Å². The number of carbonyl (C=O) groups excluding carboxylic acids is 2. The minimum atomic E-state index is -0.170. The van der Waals surface area contributed by atoms with Crippen molar-refractivity contribution in [2.45, 2.75) is 39.2 Å². The molecule has 1 N–H and O–H groups in total. The molecule has 0 bridgehead atoms. The highest BCUT2D eigenvalue weighted by Gasteiger charge is 2.28. The summed E-state index contributed by atoms with van der Waals surface area (Å²) in [5, 5.41) is 5.78. The molecule has 2 amide bonds. The fourth-order valence-electron chi connectivity index (χ4n) is 4.02. The van der Waals surface area contributed by atoms with Gasteiger partial charge >= 0.3 is 5.91 Å². The predicted octanol–water partition coefficient (Wildman–Crippen LogP) is 1.90. The third-order valence-corrected chi connectivity index (χ3v) is 5.95. The maximum atomic E-state index is 12.9. The van der Waals surface area contributed by atoms with Crippen molar-refractivity contribution in [2.24, 2.45) is 5.10 Å². The number of amides is 2. The molecule has 185 valence electrons. The molecule has 2 aromatic rings. The lowest BCUT2D eigenvalue weighted by atomic mass is 10.1. The second-order valence-corrected chi connectivity index (χ2v) is 8.87. The van der Waals surface area contributed by atoms with E-state index in [2.05, 4.69) is 10.1 Å². The highest BCUT2D eigenvalue weighted by Crippen LogP contribution is 2.20. The van der Waals surface area contributed by atoms with Crippen molar-refractivity contribution < 1.29 is 25.5 Å². The quantitative estimate of drug-likeness (QED) is 0.627. The van der Waals surface area contributed by atoms with Gasteiger partial charge in [-0.05, 0) is 50.5 Å². The molecule has 0 aromatic heterocycles. The molecule has 2 aliphatic rings. The van der Waals surface area contributed by atoms with Crippen molar-refractivity contribution in [1.82, 2.24) is 9.91 Å². The minimum absolute atomic E-state index is 0. The van der Waals surface area contributed by atoms with E-state index in [1.807, 2.05) is 67.3 Å². The number of piperidine rings is 1. The number of ether oxygens (including phenoxy) is 2. The number of likely N-dealkylation sites (tertiary alicyclic amines) is 1. The van der Waals surface area contributed by atoms with Gasteiger partial charge in [-0.3, -0.25) is 9.80 Å². The van der Waals surface area contributed by atoms with E-state index in [0.717, 1.165) is 29.9 Å². The van der Waals surface area contributed by atoms with E-state index in [0.29, 0.717) is 18.8 Å². The number of hydrazone groups is 1. The molecular formula is C27H34N4O4+. The van der Waals surface area contributed by atoms with Gasteiger partial charge in [0.2, 0.25) is 11.6 Å². The molecule has 1 radical (unpaired) electrons. The van der Waals surface area contributed by atoms with Gasteiger partial charge in [0.25, 0.3) is 0 Å². The van der Waals surface area contributed by atoms with Crippen LogP contribution in [-0.4, -0.2) is 66.0 Å². The van der Waals surface area contributed by atoms with Gasteiger partial charge in [0.1, 0.15) is 43.4 Å². The lowest BCUT2D eigenvalue weighted by Gasteiger charge is -2.33. The van der Waals surface area contributed by atoms with E-state index in [9.17, 15) is 9.59 Å². The van der Waals surface area contributed by atoms with Gasteiger partial charge in [-0.2, -0.15) is 10.1 Å². The Morgan fingerprint density at radius 3 is 2.74 bits per heavy atom. The van der Waals surface area contributed by atoms with Crippen LogP contribution in [0.15, 0.2) is 53.6 Å². The van der Waals surface area contributed by atoms with Gasteiger partial charge in [-0.1, -0.05) is 35.9 Å². The average Bonchev–Trinajstić information content (AvgIpc) is 3.28. The Morgan fingerprint density at radius 2 is 1.94 bits per heavy atom. The first-order valence-corrected chi connectivity index (χ1v) is 12.0. The maximum absolute atomic E-state index is 12.9. The van der Waals surface area contributed by atoms with Crippen LogP contribution >= 0.6 is 0 Å². The summed E-state index contributed by atoms with van der Waals surface area (Å²) >= 11 is 0. The molecule has 1 fully saturated rings. The van der Waals surface area contributed by atoms with E-state index in [-0.39, 0.29) is 38.9 Å². The Kier molecular flexibility index (Phi) is 8.13. The highest BCUT2D eigenvalue weighted by molar-refractivity contribution is 6.33. The topological polar surface area (TPSA) is 85.4 Å². The monoisotopic (exact) mass is 478 g/mol. The van der Waals surface area contributed by atoms with Gasteiger partial charge in [-0.25, -0.2) is 4.79 Å². The number of carbonyl (C=O) groups is 2. The molecule has 0 saturated carbocycles.